The van der Waals surface area contributed by atoms with Crippen LogP contribution < -0.4 is 9.47 Å². The number of benzene rings is 2. The smallest absolute Gasteiger partial charge is 0.383 e. The molecule has 3 aromatic rings. The van der Waals surface area contributed by atoms with Gasteiger partial charge in [0.1, 0.15) is 18.1 Å². The molecule has 0 spiro atoms. The van der Waals surface area contributed by atoms with Crippen LogP contribution in [-0.4, -0.2) is 28.2 Å². The Morgan fingerprint density at radius 2 is 1.97 bits per heavy atom. The summed E-state index contributed by atoms with van der Waals surface area (Å²) >= 11 is 10.0. The van der Waals surface area contributed by atoms with Gasteiger partial charge in [0.25, 0.3) is 0 Å². The Bertz CT molecular complexity index is 1120. The molecule has 0 fully saturated rings. The first-order valence-corrected chi connectivity index (χ1v) is 10.2. The van der Waals surface area contributed by atoms with Crippen molar-refractivity contribution in [3.8, 4) is 11.5 Å². The summed E-state index contributed by atoms with van der Waals surface area (Å²) in [5.74, 6) is 0.999. The van der Waals surface area contributed by atoms with Crippen molar-refractivity contribution in [2.24, 2.45) is 5.10 Å². The fraction of sp³-hybridized carbons (Fsp3) is 0.286. The maximum atomic E-state index is 13.5. The molecule has 0 unspecified atom stereocenters. The van der Waals surface area contributed by atoms with Gasteiger partial charge in [0, 0.05) is 5.56 Å². The Balaban J connectivity index is 1.80. The molecule has 1 aromatic heterocycles. The van der Waals surface area contributed by atoms with Crippen molar-refractivity contribution in [1.82, 2.24) is 14.9 Å². The molecular weight excluding hydrogens is 446 g/mol. The Labute approximate surface area is 188 Å². The third-order valence-corrected chi connectivity index (χ3v) is 4.91. The maximum Gasteiger partial charge on any atom is 0.383 e. The average Bonchev–Trinajstić information content (AvgIpc) is 3.12. The minimum absolute atomic E-state index is 0.103. The highest BCUT2D eigenvalue weighted by Crippen LogP contribution is 2.30. The van der Waals surface area contributed by atoms with Gasteiger partial charge in [0.15, 0.2) is 0 Å². The lowest BCUT2D eigenvalue weighted by Crippen LogP contribution is -2.11. The molecule has 0 radical (unpaired) electrons. The number of aromatic nitrogens is 3. The molecule has 31 heavy (non-hydrogen) atoms. The van der Waals surface area contributed by atoms with E-state index in [2.05, 4.69) is 29.1 Å². The monoisotopic (exact) mass is 466 g/mol. The second-order valence-corrected chi connectivity index (χ2v) is 7.85. The second-order valence-electron chi connectivity index (χ2n) is 6.99. The van der Waals surface area contributed by atoms with E-state index in [9.17, 15) is 8.78 Å². The molecule has 0 atom stereocenters. The molecule has 10 heteroatoms. The van der Waals surface area contributed by atoms with Gasteiger partial charge in [-0.15, -0.1) is 5.10 Å². The molecule has 1 heterocycles. The van der Waals surface area contributed by atoms with Crippen LogP contribution in [0.2, 0.25) is 0 Å². The molecule has 0 bridgehead atoms. The van der Waals surface area contributed by atoms with Crippen molar-refractivity contribution in [1.29, 1.82) is 0 Å². The molecule has 164 valence electrons. The summed E-state index contributed by atoms with van der Waals surface area (Å²) in [4.78, 5) is 0. The van der Waals surface area contributed by atoms with Crippen molar-refractivity contribution in [2.75, 3.05) is 7.11 Å². The van der Waals surface area contributed by atoms with E-state index in [1.165, 1.54) is 11.8 Å². The van der Waals surface area contributed by atoms with E-state index >= 15 is 0 Å². The average molecular weight is 467 g/mol. The number of H-pyrrole nitrogens is 1. The Morgan fingerprint density at radius 1 is 1.26 bits per heavy atom. The zero-order valence-corrected chi connectivity index (χ0v) is 18.7. The summed E-state index contributed by atoms with van der Waals surface area (Å²) < 4.78 is 38.9. The van der Waals surface area contributed by atoms with E-state index in [-0.39, 0.29) is 11.4 Å². The standard InChI is InChI=1S/C21H21ClF2N4O2S/c1-13(2)15-5-7-17(8-6-15)30-12-16-10-14(4-9-18(16)29-3)11-25-28-19(21(22,23)24)26-27-20(28)31/h4-11,13H,12H2,1-3H3,(H,27,31)/b25-11-. The summed E-state index contributed by atoms with van der Waals surface area (Å²) in [6, 6.07) is 13.1. The molecular formula is C21H21ClF2N4O2S. The second kappa shape index (κ2) is 9.57. The minimum Gasteiger partial charge on any atom is -0.496 e. The summed E-state index contributed by atoms with van der Waals surface area (Å²) in [5, 5.41) is 5.97. The summed E-state index contributed by atoms with van der Waals surface area (Å²) in [7, 11) is 1.56. The lowest BCUT2D eigenvalue weighted by atomic mass is 10.0. The van der Waals surface area contributed by atoms with Gasteiger partial charge in [-0.05, 0) is 71.2 Å². The number of hydrogen-bond donors (Lipinski definition) is 1. The van der Waals surface area contributed by atoms with Crippen molar-refractivity contribution in [3.05, 3.63) is 69.8 Å². The first-order chi connectivity index (χ1) is 14.7. The molecule has 6 nitrogen and oxygen atoms in total. The van der Waals surface area contributed by atoms with Crippen LogP contribution in [0.5, 0.6) is 11.5 Å². The van der Waals surface area contributed by atoms with Crippen LogP contribution in [0, 0.1) is 4.77 Å². The van der Waals surface area contributed by atoms with E-state index in [0.717, 1.165) is 16.0 Å². The zero-order chi connectivity index (χ0) is 22.6. The van der Waals surface area contributed by atoms with Crippen LogP contribution in [0.3, 0.4) is 0 Å². The van der Waals surface area contributed by atoms with Crippen molar-refractivity contribution in [2.45, 2.75) is 31.8 Å². The number of nitrogens with one attached hydrogen (secondary N) is 1. The van der Waals surface area contributed by atoms with Crippen LogP contribution >= 0.6 is 23.8 Å². The quantitative estimate of drug-likeness (QED) is 0.258. The van der Waals surface area contributed by atoms with Gasteiger partial charge in [0.05, 0.1) is 13.3 Å². The number of methoxy groups -OCH3 is 1. The van der Waals surface area contributed by atoms with Gasteiger partial charge in [-0.1, -0.05) is 26.0 Å². The number of aromatic amines is 1. The van der Waals surface area contributed by atoms with E-state index in [4.69, 9.17) is 33.3 Å². The van der Waals surface area contributed by atoms with Crippen LogP contribution in [0.1, 0.15) is 42.3 Å². The normalized spacial score (nSPS) is 12.0. The molecule has 3 rings (SSSR count). The molecule has 0 saturated heterocycles. The minimum atomic E-state index is -3.71. The van der Waals surface area contributed by atoms with Crippen molar-refractivity contribution >= 4 is 30.0 Å². The van der Waals surface area contributed by atoms with Crippen molar-refractivity contribution < 1.29 is 18.3 Å². The van der Waals surface area contributed by atoms with Gasteiger partial charge < -0.3 is 9.47 Å². The number of halogens is 3. The highest BCUT2D eigenvalue weighted by atomic mass is 35.5. The lowest BCUT2D eigenvalue weighted by molar-refractivity contribution is 0.0805. The van der Waals surface area contributed by atoms with Crippen LogP contribution in [0.25, 0.3) is 0 Å². The first kappa shape index (κ1) is 22.9. The van der Waals surface area contributed by atoms with Gasteiger partial charge in [-0.2, -0.15) is 18.6 Å². The van der Waals surface area contributed by atoms with E-state index in [1.807, 2.05) is 24.3 Å². The largest absolute Gasteiger partial charge is 0.496 e. The number of nitrogens with zero attached hydrogens (tertiary/aromatic N) is 3. The number of alkyl halides is 3. The SMILES string of the molecule is COc1ccc(/C=N\n2c(C(F)(F)Cl)n[nH]c2=S)cc1COc1ccc(C(C)C)cc1. The Morgan fingerprint density at radius 3 is 2.58 bits per heavy atom. The van der Waals surface area contributed by atoms with Gasteiger partial charge in [-0.3, -0.25) is 0 Å². The van der Waals surface area contributed by atoms with E-state index < -0.39 is 11.2 Å². The van der Waals surface area contributed by atoms with E-state index in [1.54, 1.807) is 25.3 Å². The molecule has 0 aliphatic rings. The number of hydrogen-bond acceptors (Lipinski definition) is 5. The van der Waals surface area contributed by atoms with Gasteiger partial charge in [-0.25, -0.2) is 5.10 Å². The van der Waals surface area contributed by atoms with Crippen LogP contribution in [0.4, 0.5) is 8.78 Å². The summed E-state index contributed by atoms with van der Waals surface area (Å²) in [6.45, 7) is 4.51. The molecule has 2 aromatic carbocycles. The topological polar surface area (TPSA) is 64.4 Å². The highest BCUT2D eigenvalue weighted by molar-refractivity contribution is 7.71. The predicted molar refractivity (Wildman–Crippen MR) is 118 cm³/mol. The fourth-order valence-corrected chi connectivity index (χ4v) is 3.11. The van der Waals surface area contributed by atoms with Crippen molar-refractivity contribution in [3.63, 3.8) is 0 Å². The summed E-state index contributed by atoms with van der Waals surface area (Å²) in [6.07, 6.45) is 1.37. The first-order valence-electron chi connectivity index (χ1n) is 9.37. The van der Waals surface area contributed by atoms with Crippen LogP contribution in [0.15, 0.2) is 47.6 Å². The highest BCUT2D eigenvalue weighted by Gasteiger charge is 2.35. The zero-order valence-electron chi connectivity index (χ0n) is 17.1. The summed E-state index contributed by atoms with van der Waals surface area (Å²) in [5.41, 5.74) is 2.61. The third-order valence-electron chi connectivity index (χ3n) is 4.47. The Kier molecular flexibility index (Phi) is 7.07. The predicted octanol–water partition coefficient (Wildman–Crippen LogP) is 5.82. The van der Waals surface area contributed by atoms with Crippen LogP contribution in [-0.2, 0) is 12.0 Å². The maximum absolute atomic E-state index is 13.5. The van der Waals surface area contributed by atoms with Gasteiger partial charge in [0.2, 0.25) is 10.6 Å². The molecule has 1 N–H and O–H groups in total. The molecule has 0 aliphatic heterocycles. The Hall–Kier alpha value is -2.78. The number of rotatable bonds is 8. The third kappa shape index (κ3) is 5.68. The fourth-order valence-electron chi connectivity index (χ4n) is 2.81. The number of ether oxygens (including phenoxy) is 2. The molecule has 0 amide bonds. The molecule has 0 saturated carbocycles. The lowest BCUT2D eigenvalue weighted by Gasteiger charge is -2.12. The van der Waals surface area contributed by atoms with Gasteiger partial charge >= 0.3 is 5.38 Å². The molecule has 0 aliphatic carbocycles. The van der Waals surface area contributed by atoms with E-state index in [0.29, 0.717) is 17.2 Å².